The van der Waals surface area contributed by atoms with Gasteiger partial charge < -0.3 is 9.64 Å². The van der Waals surface area contributed by atoms with Crippen molar-refractivity contribution in [2.24, 2.45) is 0 Å². The van der Waals surface area contributed by atoms with Gasteiger partial charge in [0.2, 0.25) is 0 Å². The second-order valence-corrected chi connectivity index (χ2v) is 4.30. The number of hydrogen-bond donors (Lipinski definition) is 0. The van der Waals surface area contributed by atoms with E-state index < -0.39 is 0 Å². The number of nitrogens with zero attached hydrogens (tertiary/aromatic N) is 1. The molecule has 0 aliphatic carbocycles. The lowest BCUT2D eigenvalue weighted by Crippen LogP contribution is -2.28. The van der Waals surface area contributed by atoms with E-state index in [1.54, 1.807) is 11.9 Å². The van der Waals surface area contributed by atoms with Crippen molar-refractivity contribution < 1.29 is 9.53 Å². The summed E-state index contributed by atoms with van der Waals surface area (Å²) in [6.07, 6.45) is 0.654. The third-order valence-corrected chi connectivity index (χ3v) is 2.70. The van der Waals surface area contributed by atoms with E-state index in [0.717, 1.165) is 17.3 Å². The molecular formula is C12H16BrNO2. The van der Waals surface area contributed by atoms with Gasteiger partial charge in [-0.15, -0.1) is 0 Å². The second-order valence-electron chi connectivity index (χ2n) is 3.50. The van der Waals surface area contributed by atoms with Gasteiger partial charge in [0.1, 0.15) is 6.61 Å². The normalized spacial score (nSPS) is 9.88. The minimum absolute atomic E-state index is 0.273. The largest absolute Gasteiger partial charge is 0.445 e. The van der Waals surface area contributed by atoms with Gasteiger partial charge in [-0.3, -0.25) is 0 Å². The van der Waals surface area contributed by atoms with Crippen LogP contribution < -0.4 is 0 Å². The van der Waals surface area contributed by atoms with Crippen molar-refractivity contribution in [3.8, 4) is 0 Å². The first-order valence-corrected chi connectivity index (χ1v) is 6.34. The highest BCUT2D eigenvalue weighted by atomic mass is 79.9. The number of hydrogen-bond acceptors (Lipinski definition) is 2. The van der Waals surface area contributed by atoms with Crippen molar-refractivity contribution >= 4 is 22.0 Å². The van der Waals surface area contributed by atoms with Crippen LogP contribution in [0, 0.1) is 0 Å². The van der Waals surface area contributed by atoms with Crippen LogP contribution in [0.1, 0.15) is 12.0 Å². The quantitative estimate of drug-likeness (QED) is 0.779. The number of carbonyl (C=O) groups excluding carboxylic acids is 1. The van der Waals surface area contributed by atoms with E-state index in [9.17, 15) is 4.79 Å². The van der Waals surface area contributed by atoms with Gasteiger partial charge in [-0.05, 0) is 12.0 Å². The summed E-state index contributed by atoms with van der Waals surface area (Å²) in [4.78, 5) is 13.1. The fraction of sp³-hybridized carbons (Fsp3) is 0.417. The maximum atomic E-state index is 11.5. The first kappa shape index (κ1) is 13.0. The number of ether oxygens (including phenoxy) is 1. The zero-order valence-electron chi connectivity index (χ0n) is 9.36. The standard InChI is InChI=1S/C12H16BrNO2/c1-14(9-5-8-13)12(15)16-10-11-6-3-2-4-7-11/h2-4,6-7H,5,8-10H2,1H3. The van der Waals surface area contributed by atoms with Gasteiger partial charge >= 0.3 is 6.09 Å². The Kier molecular flexibility index (Phi) is 5.93. The fourth-order valence-corrected chi connectivity index (χ4v) is 1.47. The molecule has 88 valence electrons. The lowest BCUT2D eigenvalue weighted by molar-refractivity contribution is 0.105. The molecule has 0 atom stereocenters. The lowest BCUT2D eigenvalue weighted by Gasteiger charge is -2.16. The molecule has 0 spiro atoms. The van der Waals surface area contributed by atoms with Crippen LogP contribution in [0.5, 0.6) is 0 Å². The minimum Gasteiger partial charge on any atom is -0.445 e. The molecule has 1 amide bonds. The van der Waals surface area contributed by atoms with Gasteiger partial charge in [-0.1, -0.05) is 46.3 Å². The van der Waals surface area contributed by atoms with Gasteiger partial charge in [-0.25, -0.2) is 4.79 Å². The molecule has 1 aromatic rings. The number of amides is 1. The highest BCUT2D eigenvalue weighted by Crippen LogP contribution is 2.03. The molecule has 1 aromatic carbocycles. The number of carbonyl (C=O) groups is 1. The molecule has 4 heteroatoms. The maximum absolute atomic E-state index is 11.5. The van der Waals surface area contributed by atoms with Crippen molar-refractivity contribution in [2.75, 3.05) is 18.9 Å². The van der Waals surface area contributed by atoms with Crippen LogP contribution in [0.15, 0.2) is 30.3 Å². The molecule has 0 fully saturated rings. The molecule has 1 rings (SSSR count). The van der Waals surface area contributed by atoms with Crippen LogP contribution in [-0.4, -0.2) is 29.9 Å². The SMILES string of the molecule is CN(CCCBr)C(=O)OCc1ccccc1. The summed E-state index contributed by atoms with van der Waals surface area (Å²) in [5.41, 5.74) is 1.00. The first-order chi connectivity index (χ1) is 7.74. The van der Waals surface area contributed by atoms with E-state index in [2.05, 4.69) is 15.9 Å². The Balaban J connectivity index is 2.29. The zero-order valence-corrected chi connectivity index (χ0v) is 10.9. The summed E-state index contributed by atoms with van der Waals surface area (Å²) in [5.74, 6) is 0. The van der Waals surface area contributed by atoms with Crippen LogP contribution in [0.3, 0.4) is 0 Å². The summed E-state index contributed by atoms with van der Waals surface area (Å²) in [6.45, 7) is 1.04. The number of benzene rings is 1. The van der Waals surface area contributed by atoms with Crippen molar-refractivity contribution in [3.63, 3.8) is 0 Å². The Morgan fingerprint density at radius 1 is 1.38 bits per heavy atom. The van der Waals surface area contributed by atoms with E-state index in [1.165, 1.54) is 0 Å². The number of halogens is 1. The van der Waals surface area contributed by atoms with Gasteiger partial charge in [0.15, 0.2) is 0 Å². The Morgan fingerprint density at radius 3 is 2.69 bits per heavy atom. The van der Waals surface area contributed by atoms with Gasteiger partial charge in [-0.2, -0.15) is 0 Å². The molecule has 0 aliphatic rings. The van der Waals surface area contributed by atoms with Crippen LogP contribution in [-0.2, 0) is 11.3 Å². The van der Waals surface area contributed by atoms with E-state index in [0.29, 0.717) is 13.2 Å². The average Bonchev–Trinajstić information content (AvgIpc) is 2.34. The third-order valence-electron chi connectivity index (χ3n) is 2.14. The molecule has 0 unspecified atom stereocenters. The first-order valence-electron chi connectivity index (χ1n) is 5.22. The Bertz CT molecular complexity index is 316. The molecule has 0 N–H and O–H groups in total. The van der Waals surface area contributed by atoms with Gasteiger partial charge in [0, 0.05) is 18.9 Å². The summed E-state index contributed by atoms with van der Waals surface area (Å²) in [6, 6.07) is 9.67. The topological polar surface area (TPSA) is 29.5 Å². The van der Waals surface area contributed by atoms with Gasteiger partial charge in [0.05, 0.1) is 0 Å². The Labute approximate surface area is 105 Å². The van der Waals surface area contributed by atoms with E-state index in [-0.39, 0.29) is 6.09 Å². The number of rotatable bonds is 5. The van der Waals surface area contributed by atoms with Crippen molar-refractivity contribution in [1.82, 2.24) is 4.90 Å². The van der Waals surface area contributed by atoms with Gasteiger partial charge in [0.25, 0.3) is 0 Å². The average molecular weight is 286 g/mol. The fourth-order valence-electron chi connectivity index (χ4n) is 1.22. The summed E-state index contributed by atoms with van der Waals surface area (Å²) >= 11 is 3.32. The third kappa shape index (κ3) is 4.66. The molecular weight excluding hydrogens is 270 g/mol. The second kappa shape index (κ2) is 7.28. The molecule has 0 saturated carbocycles. The lowest BCUT2D eigenvalue weighted by atomic mass is 10.2. The monoisotopic (exact) mass is 285 g/mol. The molecule has 0 aliphatic heterocycles. The predicted molar refractivity (Wildman–Crippen MR) is 67.7 cm³/mol. The molecule has 16 heavy (non-hydrogen) atoms. The predicted octanol–water partition coefficient (Wildman–Crippen LogP) is 3.04. The van der Waals surface area contributed by atoms with Crippen molar-refractivity contribution in [1.29, 1.82) is 0 Å². The minimum atomic E-state index is -0.273. The number of alkyl halides is 1. The molecule has 0 aromatic heterocycles. The van der Waals surface area contributed by atoms with Crippen LogP contribution in [0.25, 0.3) is 0 Å². The van der Waals surface area contributed by atoms with E-state index >= 15 is 0 Å². The molecule has 0 bridgehead atoms. The van der Waals surface area contributed by atoms with Crippen molar-refractivity contribution in [2.45, 2.75) is 13.0 Å². The molecule has 0 saturated heterocycles. The summed E-state index contributed by atoms with van der Waals surface area (Å²) in [7, 11) is 1.75. The molecule has 0 radical (unpaired) electrons. The smallest absolute Gasteiger partial charge is 0.409 e. The zero-order chi connectivity index (χ0) is 11.8. The van der Waals surface area contributed by atoms with Crippen LogP contribution in [0.4, 0.5) is 4.79 Å². The Morgan fingerprint density at radius 2 is 2.06 bits per heavy atom. The maximum Gasteiger partial charge on any atom is 0.409 e. The highest BCUT2D eigenvalue weighted by Gasteiger charge is 2.08. The van der Waals surface area contributed by atoms with Crippen molar-refractivity contribution in [3.05, 3.63) is 35.9 Å². The van der Waals surface area contributed by atoms with E-state index in [4.69, 9.17) is 4.74 Å². The molecule has 0 heterocycles. The Hall–Kier alpha value is -1.03. The van der Waals surface area contributed by atoms with Crippen LogP contribution >= 0.6 is 15.9 Å². The summed E-state index contributed by atoms with van der Waals surface area (Å²) in [5, 5.41) is 0.892. The summed E-state index contributed by atoms with van der Waals surface area (Å²) < 4.78 is 5.16. The highest BCUT2D eigenvalue weighted by molar-refractivity contribution is 9.09. The van der Waals surface area contributed by atoms with E-state index in [1.807, 2.05) is 30.3 Å². The van der Waals surface area contributed by atoms with Crippen LogP contribution in [0.2, 0.25) is 0 Å². The molecule has 3 nitrogen and oxygen atoms in total.